The van der Waals surface area contributed by atoms with Gasteiger partial charge in [-0.15, -0.1) is 5.10 Å². The van der Waals surface area contributed by atoms with E-state index in [1.807, 2.05) is 62.4 Å². The van der Waals surface area contributed by atoms with Gasteiger partial charge in [-0.05, 0) is 30.5 Å². The SMILES string of the molecule is CCCN(CC(=O)Nc1ccccc1C)C(=O)COC(=O)c1cn(Cc2ccccc2)nn1. The maximum atomic E-state index is 12.6. The second kappa shape index (κ2) is 11.6. The van der Waals surface area contributed by atoms with E-state index in [9.17, 15) is 14.4 Å². The number of esters is 1. The van der Waals surface area contributed by atoms with E-state index >= 15 is 0 Å². The minimum atomic E-state index is -0.747. The van der Waals surface area contributed by atoms with E-state index in [0.717, 1.165) is 11.1 Å². The molecule has 1 heterocycles. The predicted octanol–water partition coefficient (Wildman–Crippen LogP) is 2.67. The summed E-state index contributed by atoms with van der Waals surface area (Å²) in [6.45, 7) is 4.00. The first-order valence-electron chi connectivity index (χ1n) is 10.7. The molecule has 0 spiro atoms. The first-order chi connectivity index (χ1) is 16.0. The number of aryl methyl sites for hydroxylation is 1. The van der Waals surface area contributed by atoms with Crippen LogP contribution in [-0.2, 0) is 20.9 Å². The van der Waals surface area contributed by atoms with Gasteiger partial charge >= 0.3 is 5.97 Å². The van der Waals surface area contributed by atoms with E-state index in [0.29, 0.717) is 25.2 Å². The number of para-hydroxylation sites is 1. The normalized spacial score (nSPS) is 10.5. The number of nitrogens with one attached hydrogen (secondary N) is 1. The van der Waals surface area contributed by atoms with Crippen molar-refractivity contribution < 1.29 is 19.1 Å². The lowest BCUT2D eigenvalue weighted by atomic mass is 10.2. The van der Waals surface area contributed by atoms with Crippen LogP contribution >= 0.6 is 0 Å². The molecule has 0 aliphatic carbocycles. The number of benzene rings is 2. The van der Waals surface area contributed by atoms with Crippen LogP contribution in [-0.4, -0.2) is 57.4 Å². The van der Waals surface area contributed by atoms with Crippen molar-refractivity contribution in [3.05, 3.63) is 77.6 Å². The quantitative estimate of drug-likeness (QED) is 0.477. The highest BCUT2D eigenvalue weighted by Gasteiger charge is 2.20. The highest BCUT2D eigenvalue weighted by atomic mass is 16.5. The van der Waals surface area contributed by atoms with E-state index in [4.69, 9.17) is 4.74 Å². The fourth-order valence-electron chi connectivity index (χ4n) is 3.17. The number of hydrogen-bond donors (Lipinski definition) is 1. The summed E-state index contributed by atoms with van der Waals surface area (Å²) in [4.78, 5) is 38.7. The Labute approximate surface area is 192 Å². The van der Waals surface area contributed by atoms with Gasteiger partial charge in [-0.3, -0.25) is 9.59 Å². The third-order valence-electron chi connectivity index (χ3n) is 4.86. The van der Waals surface area contributed by atoms with Crippen molar-refractivity contribution in [1.82, 2.24) is 19.9 Å². The van der Waals surface area contributed by atoms with E-state index in [-0.39, 0.29) is 18.1 Å². The number of ether oxygens (including phenoxy) is 1. The van der Waals surface area contributed by atoms with Crippen LogP contribution in [0.3, 0.4) is 0 Å². The van der Waals surface area contributed by atoms with Crippen LogP contribution in [0.1, 0.15) is 35.0 Å². The molecule has 0 aliphatic rings. The number of amides is 2. The summed E-state index contributed by atoms with van der Waals surface area (Å²) in [5, 5.41) is 10.6. The first kappa shape index (κ1) is 23.6. The minimum Gasteiger partial charge on any atom is -0.451 e. The Bertz CT molecular complexity index is 1100. The monoisotopic (exact) mass is 449 g/mol. The molecule has 0 saturated heterocycles. The lowest BCUT2D eigenvalue weighted by molar-refractivity contribution is -0.137. The van der Waals surface area contributed by atoms with Gasteiger partial charge in [0.15, 0.2) is 12.3 Å². The van der Waals surface area contributed by atoms with Gasteiger partial charge in [0.2, 0.25) is 5.91 Å². The van der Waals surface area contributed by atoms with Gasteiger partial charge in [-0.25, -0.2) is 9.48 Å². The van der Waals surface area contributed by atoms with Gasteiger partial charge in [0, 0.05) is 12.2 Å². The molecule has 2 amide bonds. The van der Waals surface area contributed by atoms with Crippen LogP contribution in [0.5, 0.6) is 0 Å². The van der Waals surface area contributed by atoms with Crippen molar-refractivity contribution in [3.63, 3.8) is 0 Å². The Morgan fingerprint density at radius 2 is 1.79 bits per heavy atom. The van der Waals surface area contributed by atoms with Gasteiger partial charge in [-0.2, -0.15) is 0 Å². The molecule has 0 unspecified atom stereocenters. The van der Waals surface area contributed by atoms with Crippen LogP contribution in [0.15, 0.2) is 60.8 Å². The van der Waals surface area contributed by atoms with Crippen molar-refractivity contribution in [2.75, 3.05) is 25.0 Å². The maximum Gasteiger partial charge on any atom is 0.361 e. The number of anilines is 1. The van der Waals surface area contributed by atoms with Gasteiger partial charge < -0.3 is 15.0 Å². The Morgan fingerprint density at radius 3 is 2.52 bits per heavy atom. The van der Waals surface area contributed by atoms with Crippen molar-refractivity contribution in [1.29, 1.82) is 0 Å². The number of aromatic nitrogens is 3. The van der Waals surface area contributed by atoms with Crippen LogP contribution in [0.4, 0.5) is 5.69 Å². The summed E-state index contributed by atoms with van der Waals surface area (Å²) in [6, 6.07) is 17.0. The van der Waals surface area contributed by atoms with Gasteiger partial charge in [-0.1, -0.05) is 60.7 Å². The summed E-state index contributed by atoms with van der Waals surface area (Å²) >= 11 is 0. The lowest BCUT2D eigenvalue weighted by Gasteiger charge is -2.21. The van der Waals surface area contributed by atoms with E-state index < -0.39 is 18.5 Å². The molecule has 0 atom stereocenters. The molecule has 3 rings (SSSR count). The molecule has 33 heavy (non-hydrogen) atoms. The first-order valence-corrected chi connectivity index (χ1v) is 10.7. The van der Waals surface area contributed by atoms with Gasteiger partial charge in [0.1, 0.15) is 0 Å². The van der Waals surface area contributed by atoms with Crippen LogP contribution in [0.2, 0.25) is 0 Å². The Hall–Kier alpha value is -4.01. The van der Waals surface area contributed by atoms with Crippen molar-refractivity contribution >= 4 is 23.5 Å². The van der Waals surface area contributed by atoms with Crippen molar-refractivity contribution in [2.45, 2.75) is 26.8 Å². The zero-order chi connectivity index (χ0) is 23.6. The topological polar surface area (TPSA) is 106 Å². The molecule has 3 aromatic rings. The molecule has 0 saturated carbocycles. The van der Waals surface area contributed by atoms with Gasteiger partial charge in [0.05, 0.1) is 19.3 Å². The Balaban J connectivity index is 1.52. The molecule has 0 bridgehead atoms. The molecular weight excluding hydrogens is 422 g/mol. The molecule has 1 aromatic heterocycles. The largest absolute Gasteiger partial charge is 0.451 e. The maximum absolute atomic E-state index is 12.6. The molecular formula is C24H27N5O4. The lowest BCUT2D eigenvalue weighted by Crippen LogP contribution is -2.40. The van der Waals surface area contributed by atoms with E-state index in [1.54, 1.807) is 6.07 Å². The summed E-state index contributed by atoms with van der Waals surface area (Å²) in [5.74, 6) is -1.52. The zero-order valence-electron chi connectivity index (χ0n) is 18.7. The summed E-state index contributed by atoms with van der Waals surface area (Å²) in [5.41, 5.74) is 2.64. The minimum absolute atomic E-state index is 0.0121. The molecule has 172 valence electrons. The third-order valence-corrected chi connectivity index (χ3v) is 4.86. The average molecular weight is 450 g/mol. The fourth-order valence-corrected chi connectivity index (χ4v) is 3.17. The molecule has 1 N–H and O–H groups in total. The molecule has 0 fully saturated rings. The number of rotatable bonds is 10. The number of nitrogens with zero attached hydrogens (tertiary/aromatic N) is 4. The Kier molecular flexibility index (Phi) is 8.29. The zero-order valence-corrected chi connectivity index (χ0v) is 18.7. The molecule has 0 radical (unpaired) electrons. The van der Waals surface area contributed by atoms with E-state index in [1.165, 1.54) is 15.8 Å². The highest BCUT2D eigenvalue weighted by molar-refractivity contribution is 5.95. The molecule has 0 aliphatic heterocycles. The number of carbonyl (C=O) groups excluding carboxylic acids is 3. The third kappa shape index (κ3) is 6.99. The van der Waals surface area contributed by atoms with Crippen LogP contribution in [0.25, 0.3) is 0 Å². The fraction of sp³-hybridized carbons (Fsp3) is 0.292. The Morgan fingerprint density at radius 1 is 1.06 bits per heavy atom. The molecule has 2 aromatic carbocycles. The highest BCUT2D eigenvalue weighted by Crippen LogP contribution is 2.13. The predicted molar refractivity (Wildman–Crippen MR) is 123 cm³/mol. The van der Waals surface area contributed by atoms with E-state index in [2.05, 4.69) is 15.6 Å². The number of carbonyl (C=O) groups is 3. The average Bonchev–Trinajstić information content (AvgIpc) is 3.27. The second-order valence-corrected chi connectivity index (χ2v) is 7.54. The molecule has 9 heteroatoms. The standard InChI is InChI=1S/C24H27N5O4/c1-3-13-28(16-22(30)25-20-12-8-7-9-18(20)2)23(31)17-33-24(32)21-15-29(27-26-21)14-19-10-5-4-6-11-19/h4-12,15H,3,13-14,16-17H2,1-2H3,(H,25,30). The van der Waals surface area contributed by atoms with Crippen molar-refractivity contribution in [2.24, 2.45) is 0 Å². The van der Waals surface area contributed by atoms with Gasteiger partial charge in [0.25, 0.3) is 5.91 Å². The smallest absolute Gasteiger partial charge is 0.361 e. The summed E-state index contributed by atoms with van der Waals surface area (Å²) < 4.78 is 6.64. The number of hydrogen-bond acceptors (Lipinski definition) is 6. The second-order valence-electron chi connectivity index (χ2n) is 7.54. The van der Waals surface area contributed by atoms with Crippen LogP contribution < -0.4 is 5.32 Å². The summed E-state index contributed by atoms with van der Waals surface area (Å²) in [7, 11) is 0. The van der Waals surface area contributed by atoms with Crippen LogP contribution in [0, 0.1) is 6.92 Å². The van der Waals surface area contributed by atoms with Crippen molar-refractivity contribution in [3.8, 4) is 0 Å². The molecule has 9 nitrogen and oxygen atoms in total. The summed E-state index contributed by atoms with van der Waals surface area (Å²) in [6.07, 6.45) is 2.13.